The fourth-order valence-corrected chi connectivity index (χ4v) is 6.05. The molecule has 2 nitrogen and oxygen atoms in total. The molecule has 4 rings (SSSR count). The quantitative estimate of drug-likeness (QED) is 0.541. The van der Waals surface area contributed by atoms with Gasteiger partial charge in [-0.05, 0) is 69.4 Å². The summed E-state index contributed by atoms with van der Waals surface area (Å²) in [5.41, 5.74) is 2.23. The van der Waals surface area contributed by atoms with Gasteiger partial charge in [0.05, 0.1) is 0 Å². The largest absolute Gasteiger partial charge is 0.377 e. The zero-order valence-electron chi connectivity index (χ0n) is 14.9. The van der Waals surface area contributed by atoms with Crippen molar-refractivity contribution in [2.24, 2.45) is 22.7 Å². The highest BCUT2D eigenvalue weighted by Gasteiger charge is 2.61. The average Bonchev–Trinajstić information content (AvgIpc) is 2.81. The van der Waals surface area contributed by atoms with Gasteiger partial charge in [-0.15, -0.1) is 6.42 Å². The fourth-order valence-electron chi connectivity index (χ4n) is 6.05. The molecular formula is C22H26O2. The summed E-state index contributed by atoms with van der Waals surface area (Å²) in [6.07, 6.45) is 16.7. The maximum absolute atomic E-state index is 12.1. The summed E-state index contributed by atoms with van der Waals surface area (Å²) in [5, 5.41) is 11.0. The lowest BCUT2D eigenvalue weighted by Gasteiger charge is -2.53. The standard InChI is InChI=1S/C22H26O2/c1-5-22(24)11-9-18-16-7-6-15-12-19(23)14(2)13-20(15,3)17(16)8-10-21(18,22)4/h1,8,12-13,16,18,24H,6-7,9-11H2,2-4H3/t16-,18+,20+,21+,22-/m1/s1. The topological polar surface area (TPSA) is 37.3 Å². The number of hydrogen-bond donors (Lipinski definition) is 1. The molecule has 2 heteroatoms. The van der Waals surface area contributed by atoms with Crippen molar-refractivity contribution in [1.82, 2.24) is 0 Å². The van der Waals surface area contributed by atoms with Crippen LogP contribution in [-0.2, 0) is 4.79 Å². The Morgan fingerprint density at radius 2 is 2.08 bits per heavy atom. The number of hydrogen-bond acceptors (Lipinski definition) is 2. The Balaban J connectivity index is 1.81. The van der Waals surface area contributed by atoms with Crippen LogP contribution in [0.1, 0.15) is 52.9 Å². The van der Waals surface area contributed by atoms with E-state index in [1.807, 2.05) is 13.0 Å². The van der Waals surface area contributed by atoms with E-state index in [2.05, 4.69) is 31.9 Å². The Morgan fingerprint density at radius 1 is 1.33 bits per heavy atom. The Hall–Kier alpha value is -1.59. The Kier molecular flexibility index (Phi) is 3.14. The maximum atomic E-state index is 12.1. The van der Waals surface area contributed by atoms with Crippen LogP contribution in [0.25, 0.3) is 0 Å². The van der Waals surface area contributed by atoms with Crippen LogP contribution in [0.5, 0.6) is 0 Å². The molecule has 0 amide bonds. The Bertz CT molecular complexity index is 761. The molecule has 5 atom stereocenters. The molecule has 0 aliphatic heterocycles. The summed E-state index contributed by atoms with van der Waals surface area (Å²) in [4.78, 5) is 12.1. The zero-order chi connectivity index (χ0) is 17.3. The van der Waals surface area contributed by atoms with Gasteiger partial charge < -0.3 is 5.11 Å². The highest BCUT2D eigenvalue weighted by Crippen LogP contribution is 2.64. The smallest absolute Gasteiger partial charge is 0.181 e. The number of fused-ring (bicyclic) bond motifs is 5. The Morgan fingerprint density at radius 3 is 2.79 bits per heavy atom. The van der Waals surface area contributed by atoms with Crippen molar-refractivity contribution < 1.29 is 9.90 Å². The van der Waals surface area contributed by atoms with Crippen molar-refractivity contribution in [2.75, 3.05) is 0 Å². The van der Waals surface area contributed by atoms with Crippen LogP contribution in [0, 0.1) is 35.0 Å². The minimum atomic E-state index is -0.981. The summed E-state index contributed by atoms with van der Waals surface area (Å²) in [7, 11) is 0. The minimum Gasteiger partial charge on any atom is -0.377 e. The third kappa shape index (κ3) is 1.74. The van der Waals surface area contributed by atoms with Gasteiger partial charge in [-0.25, -0.2) is 0 Å². The van der Waals surface area contributed by atoms with Gasteiger partial charge in [-0.3, -0.25) is 4.79 Å². The van der Waals surface area contributed by atoms with E-state index in [-0.39, 0.29) is 16.6 Å². The van der Waals surface area contributed by atoms with Crippen LogP contribution in [0.4, 0.5) is 0 Å². The van der Waals surface area contributed by atoms with E-state index < -0.39 is 5.60 Å². The van der Waals surface area contributed by atoms with Crippen molar-refractivity contribution >= 4 is 5.78 Å². The SMILES string of the molecule is C#C[C@@]1(O)CC[C@H]2[C@@H]3CCC4=CC(=O)C(C)=C[C@]4(C)C3=CC[C@@]21C. The third-order valence-electron chi connectivity index (χ3n) is 7.64. The fraction of sp³-hybridized carbons (Fsp3) is 0.591. The van der Waals surface area contributed by atoms with Crippen LogP contribution < -0.4 is 0 Å². The number of terminal acetylenes is 1. The molecule has 1 N–H and O–H groups in total. The third-order valence-corrected chi connectivity index (χ3v) is 7.64. The molecule has 0 spiro atoms. The molecule has 0 aromatic rings. The predicted molar refractivity (Wildman–Crippen MR) is 95.0 cm³/mol. The Labute approximate surface area is 144 Å². The first-order valence-corrected chi connectivity index (χ1v) is 9.11. The first-order valence-electron chi connectivity index (χ1n) is 9.11. The lowest BCUT2D eigenvalue weighted by molar-refractivity contribution is -0.111. The molecular weight excluding hydrogens is 296 g/mol. The first kappa shape index (κ1) is 15.9. The number of ketones is 1. The van der Waals surface area contributed by atoms with Crippen molar-refractivity contribution in [3.63, 3.8) is 0 Å². The van der Waals surface area contributed by atoms with Gasteiger partial charge in [0.2, 0.25) is 0 Å². The van der Waals surface area contributed by atoms with Gasteiger partial charge in [0.1, 0.15) is 5.60 Å². The molecule has 2 saturated carbocycles. The van der Waals surface area contributed by atoms with E-state index in [0.717, 1.165) is 31.3 Å². The van der Waals surface area contributed by atoms with Crippen molar-refractivity contribution in [3.8, 4) is 12.3 Å². The molecule has 4 aliphatic rings. The first-order chi connectivity index (χ1) is 11.2. The van der Waals surface area contributed by atoms with Crippen molar-refractivity contribution in [3.05, 3.63) is 34.9 Å². The van der Waals surface area contributed by atoms with Gasteiger partial charge in [0.25, 0.3) is 0 Å². The monoisotopic (exact) mass is 322 g/mol. The van der Waals surface area contributed by atoms with Gasteiger partial charge in [0.15, 0.2) is 5.78 Å². The molecule has 0 radical (unpaired) electrons. The maximum Gasteiger partial charge on any atom is 0.181 e. The summed E-state index contributed by atoms with van der Waals surface area (Å²) in [5.74, 6) is 3.77. The summed E-state index contributed by atoms with van der Waals surface area (Å²) < 4.78 is 0. The highest BCUT2D eigenvalue weighted by molar-refractivity contribution is 6.05. The van der Waals surface area contributed by atoms with Crippen LogP contribution in [0.15, 0.2) is 34.9 Å². The zero-order valence-corrected chi connectivity index (χ0v) is 14.9. The number of allylic oxidation sites excluding steroid dienone is 6. The highest BCUT2D eigenvalue weighted by atomic mass is 16.3. The normalized spacial score (nSPS) is 46.8. The molecule has 0 saturated heterocycles. The van der Waals surface area contributed by atoms with Gasteiger partial charge >= 0.3 is 0 Å². The summed E-state index contributed by atoms with van der Waals surface area (Å²) in [6.45, 7) is 6.36. The van der Waals surface area contributed by atoms with Crippen molar-refractivity contribution in [1.29, 1.82) is 0 Å². The number of aliphatic hydroxyl groups is 1. The molecule has 0 unspecified atom stereocenters. The van der Waals surface area contributed by atoms with E-state index in [4.69, 9.17) is 6.42 Å². The predicted octanol–water partition coefficient (Wildman–Crippen LogP) is 3.97. The van der Waals surface area contributed by atoms with E-state index in [1.165, 1.54) is 11.1 Å². The van der Waals surface area contributed by atoms with E-state index in [9.17, 15) is 9.90 Å². The molecule has 0 aromatic heterocycles. The molecule has 126 valence electrons. The van der Waals surface area contributed by atoms with Gasteiger partial charge in [-0.2, -0.15) is 0 Å². The molecule has 0 aromatic carbocycles. The van der Waals surface area contributed by atoms with E-state index in [0.29, 0.717) is 18.3 Å². The second-order valence-electron chi connectivity index (χ2n) is 8.64. The number of rotatable bonds is 0. The van der Waals surface area contributed by atoms with Gasteiger partial charge in [-0.1, -0.05) is 36.1 Å². The number of carbonyl (C=O) groups excluding carboxylic acids is 1. The van der Waals surface area contributed by atoms with Crippen LogP contribution in [-0.4, -0.2) is 16.5 Å². The lowest BCUT2D eigenvalue weighted by atomic mass is 9.51. The summed E-state index contributed by atoms with van der Waals surface area (Å²) >= 11 is 0. The van der Waals surface area contributed by atoms with E-state index in [1.54, 1.807) is 0 Å². The minimum absolute atomic E-state index is 0.126. The van der Waals surface area contributed by atoms with Crippen LogP contribution in [0.2, 0.25) is 0 Å². The molecule has 24 heavy (non-hydrogen) atoms. The molecule has 2 fully saturated rings. The van der Waals surface area contributed by atoms with E-state index >= 15 is 0 Å². The van der Waals surface area contributed by atoms with Gasteiger partial charge in [0, 0.05) is 10.8 Å². The van der Waals surface area contributed by atoms with Crippen LogP contribution >= 0.6 is 0 Å². The average molecular weight is 322 g/mol. The second-order valence-corrected chi connectivity index (χ2v) is 8.64. The molecule has 0 heterocycles. The van der Waals surface area contributed by atoms with Crippen LogP contribution in [0.3, 0.4) is 0 Å². The lowest BCUT2D eigenvalue weighted by Crippen LogP contribution is -2.49. The van der Waals surface area contributed by atoms with Crippen molar-refractivity contribution in [2.45, 2.75) is 58.5 Å². The second kappa shape index (κ2) is 4.73. The molecule has 4 aliphatic carbocycles. The molecule has 0 bridgehead atoms. The number of carbonyl (C=O) groups is 1. The summed E-state index contributed by atoms with van der Waals surface area (Å²) in [6, 6.07) is 0.